The van der Waals surface area contributed by atoms with E-state index in [-0.39, 0.29) is 0 Å². The van der Waals surface area contributed by atoms with Crippen LogP contribution in [0.4, 0.5) is 0 Å². The summed E-state index contributed by atoms with van der Waals surface area (Å²) in [5.41, 5.74) is 2.83. The van der Waals surface area contributed by atoms with E-state index in [1.54, 1.807) is 0 Å². The molecule has 0 fully saturated rings. The van der Waals surface area contributed by atoms with Gasteiger partial charge in [0.15, 0.2) is 0 Å². The summed E-state index contributed by atoms with van der Waals surface area (Å²) >= 11 is 6.33. The molecule has 2 heteroatoms. The maximum Gasteiger partial charge on any atom is 0.0440 e. The molecule has 0 saturated heterocycles. The van der Waals surface area contributed by atoms with Gasteiger partial charge in [-0.2, -0.15) is 0 Å². The van der Waals surface area contributed by atoms with Crippen LogP contribution in [0.2, 0.25) is 5.02 Å². The number of hydrogen-bond acceptors (Lipinski definition) is 1. The first kappa shape index (κ1) is 14.5. The van der Waals surface area contributed by atoms with Crippen molar-refractivity contribution in [2.75, 3.05) is 13.6 Å². The van der Waals surface area contributed by atoms with E-state index in [0.29, 0.717) is 5.41 Å². The van der Waals surface area contributed by atoms with E-state index < -0.39 is 0 Å². The molecule has 1 rings (SSSR count). The van der Waals surface area contributed by atoms with E-state index >= 15 is 0 Å². The second kappa shape index (κ2) is 6.42. The Hall–Kier alpha value is -0.530. The smallest absolute Gasteiger partial charge is 0.0440 e. The van der Waals surface area contributed by atoms with Crippen LogP contribution in [0.25, 0.3) is 0 Å². The molecule has 0 aromatic heterocycles. The maximum atomic E-state index is 6.33. The highest BCUT2D eigenvalue weighted by atomic mass is 35.5. The third kappa shape index (κ3) is 3.72. The molecule has 17 heavy (non-hydrogen) atoms. The first-order valence-electron chi connectivity index (χ1n) is 6.46. The van der Waals surface area contributed by atoms with Crippen LogP contribution in [-0.2, 0) is 6.42 Å². The lowest BCUT2D eigenvalue weighted by Crippen LogP contribution is -2.33. The van der Waals surface area contributed by atoms with Crippen LogP contribution < -0.4 is 5.32 Å². The van der Waals surface area contributed by atoms with Gasteiger partial charge in [0.25, 0.3) is 0 Å². The number of rotatable bonds is 6. The monoisotopic (exact) mass is 253 g/mol. The molecule has 96 valence electrons. The van der Waals surface area contributed by atoms with Crippen LogP contribution in [0.3, 0.4) is 0 Å². The first-order chi connectivity index (χ1) is 8.06. The van der Waals surface area contributed by atoms with Gasteiger partial charge >= 0.3 is 0 Å². The fraction of sp³-hybridized carbons (Fsp3) is 0.600. The molecule has 0 aliphatic heterocycles. The lowest BCUT2D eigenvalue weighted by Gasteiger charge is -2.32. The summed E-state index contributed by atoms with van der Waals surface area (Å²) in [6.07, 6.45) is 3.41. The third-order valence-corrected chi connectivity index (χ3v) is 4.18. The van der Waals surface area contributed by atoms with Crippen molar-refractivity contribution in [3.63, 3.8) is 0 Å². The Kier molecular flexibility index (Phi) is 5.48. The molecule has 0 radical (unpaired) electrons. The van der Waals surface area contributed by atoms with Gasteiger partial charge < -0.3 is 5.32 Å². The summed E-state index contributed by atoms with van der Waals surface area (Å²) in [4.78, 5) is 0. The van der Waals surface area contributed by atoms with E-state index in [0.717, 1.165) is 18.0 Å². The third-order valence-electron chi connectivity index (χ3n) is 3.83. The zero-order chi connectivity index (χ0) is 12.9. The van der Waals surface area contributed by atoms with Crippen LogP contribution in [0, 0.1) is 12.3 Å². The second-order valence-electron chi connectivity index (χ2n) is 5.01. The highest BCUT2D eigenvalue weighted by molar-refractivity contribution is 6.31. The van der Waals surface area contributed by atoms with Gasteiger partial charge in [-0.05, 0) is 55.8 Å². The number of aryl methyl sites for hydroxylation is 1. The molecule has 0 saturated carbocycles. The Morgan fingerprint density at radius 3 is 2.35 bits per heavy atom. The highest BCUT2D eigenvalue weighted by Gasteiger charge is 2.26. The van der Waals surface area contributed by atoms with Gasteiger partial charge in [-0.1, -0.05) is 37.6 Å². The van der Waals surface area contributed by atoms with Gasteiger partial charge in [0.05, 0.1) is 0 Å². The zero-order valence-electron chi connectivity index (χ0n) is 11.4. The van der Waals surface area contributed by atoms with Crippen molar-refractivity contribution in [2.24, 2.45) is 5.41 Å². The minimum absolute atomic E-state index is 0.327. The lowest BCUT2D eigenvalue weighted by molar-refractivity contribution is 0.253. The molecule has 0 amide bonds. The Labute approximate surface area is 111 Å². The van der Waals surface area contributed by atoms with Crippen molar-refractivity contribution < 1.29 is 0 Å². The van der Waals surface area contributed by atoms with Crippen molar-refractivity contribution >= 4 is 11.6 Å². The number of nitrogens with one attached hydrogen (secondary N) is 1. The molecular weight excluding hydrogens is 230 g/mol. The average molecular weight is 254 g/mol. The molecule has 1 nitrogen and oxygen atoms in total. The molecule has 0 spiro atoms. The first-order valence-corrected chi connectivity index (χ1v) is 6.84. The summed E-state index contributed by atoms with van der Waals surface area (Å²) < 4.78 is 0. The summed E-state index contributed by atoms with van der Waals surface area (Å²) in [6, 6.07) is 6.39. The molecule has 0 atom stereocenters. The van der Waals surface area contributed by atoms with E-state index in [9.17, 15) is 0 Å². The molecule has 1 N–H and O–H groups in total. The van der Waals surface area contributed by atoms with E-state index in [1.807, 2.05) is 7.05 Å². The molecule has 0 unspecified atom stereocenters. The fourth-order valence-electron chi connectivity index (χ4n) is 2.39. The predicted octanol–water partition coefficient (Wildman–Crippen LogP) is 4.22. The van der Waals surface area contributed by atoms with Crippen molar-refractivity contribution in [1.82, 2.24) is 5.32 Å². The Morgan fingerprint density at radius 2 is 1.88 bits per heavy atom. The van der Waals surface area contributed by atoms with E-state index in [1.165, 1.54) is 24.0 Å². The molecular formula is C15H24ClN. The number of halogens is 1. The minimum atomic E-state index is 0.327. The van der Waals surface area contributed by atoms with Crippen molar-refractivity contribution in [3.8, 4) is 0 Å². The second-order valence-corrected chi connectivity index (χ2v) is 5.42. The number of benzene rings is 1. The fourth-order valence-corrected chi connectivity index (χ4v) is 2.69. The van der Waals surface area contributed by atoms with Gasteiger partial charge in [0.2, 0.25) is 0 Å². The molecule has 0 aliphatic rings. The highest BCUT2D eigenvalue weighted by Crippen LogP contribution is 2.33. The SMILES string of the molecule is CCC(CC)(CNC)Cc1ccc(C)cc1Cl. The Bertz CT molecular complexity index is 356. The largest absolute Gasteiger partial charge is 0.319 e. The minimum Gasteiger partial charge on any atom is -0.319 e. The molecule has 0 aliphatic carbocycles. The van der Waals surface area contributed by atoms with Crippen molar-refractivity contribution in [1.29, 1.82) is 0 Å². The van der Waals surface area contributed by atoms with Crippen LogP contribution in [0.15, 0.2) is 18.2 Å². The molecule has 0 heterocycles. The summed E-state index contributed by atoms with van der Waals surface area (Å²) in [5, 5.41) is 4.23. The maximum absolute atomic E-state index is 6.33. The quantitative estimate of drug-likeness (QED) is 0.801. The summed E-state index contributed by atoms with van der Waals surface area (Å²) in [7, 11) is 2.02. The number of hydrogen-bond donors (Lipinski definition) is 1. The van der Waals surface area contributed by atoms with Gasteiger partial charge in [-0.25, -0.2) is 0 Å². The standard InChI is InChI=1S/C15H24ClN/c1-5-15(6-2,11-17-4)10-13-8-7-12(3)9-14(13)16/h7-9,17H,5-6,10-11H2,1-4H3. The van der Waals surface area contributed by atoms with Crippen molar-refractivity contribution in [2.45, 2.75) is 40.0 Å². The Morgan fingerprint density at radius 1 is 1.24 bits per heavy atom. The van der Waals surface area contributed by atoms with Crippen molar-refractivity contribution in [3.05, 3.63) is 34.3 Å². The van der Waals surface area contributed by atoms with Crippen LogP contribution in [0.1, 0.15) is 37.8 Å². The summed E-state index contributed by atoms with van der Waals surface area (Å²) in [6.45, 7) is 7.66. The predicted molar refractivity (Wildman–Crippen MR) is 76.8 cm³/mol. The van der Waals surface area contributed by atoms with Gasteiger partial charge in [-0.15, -0.1) is 0 Å². The normalized spacial score (nSPS) is 11.8. The van der Waals surface area contributed by atoms with Gasteiger partial charge in [-0.3, -0.25) is 0 Å². The van der Waals surface area contributed by atoms with Crippen LogP contribution in [0.5, 0.6) is 0 Å². The summed E-state index contributed by atoms with van der Waals surface area (Å²) in [5.74, 6) is 0. The van der Waals surface area contributed by atoms with E-state index in [4.69, 9.17) is 11.6 Å². The lowest BCUT2D eigenvalue weighted by atomic mass is 9.77. The topological polar surface area (TPSA) is 12.0 Å². The van der Waals surface area contributed by atoms with Gasteiger partial charge in [0, 0.05) is 11.6 Å². The molecule has 1 aromatic carbocycles. The van der Waals surface area contributed by atoms with E-state index in [2.05, 4.69) is 44.3 Å². The molecule has 0 bridgehead atoms. The average Bonchev–Trinajstić information content (AvgIpc) is 2.32. The Balaban J connectivity index is 2.92. The zero-order valence-corrected chi connectivity index (χ0v) is 12.2. The van der Waals surface area contributed by atoms with Crippen LogP contribution in [-0.4, -0.2) is 13.6 Å². The van der Waals surface area contributed by atoms with Gasteiger partial charge in [0.1, 0.15) is 0 Å². The van der Waals surface area contributed by atoms with Crippen LogP contribution >= 0.6 is 11.6 Å². The molecule has 1 aromatic rings.